The second-order valence-corrected chi connectivity index (χ2v) is 6.60. The van der Waals surface area contributed by atoms with Crippen LogP contribution in [0.1, 0.15) is 0 Å². The van der Waals surface area contributed by atoms with Crippen LogP contribution >= 0.6 is 11.8 Å². The summed E-state index contributed by atoms with van der Waals surface area (Å²) in [6.07, 6.45) is 1.14. The first-order valence-corrected chi connectivity index (χ1v) is 7.24. The first-order chi connectivity index (χ1) is 7.01. The van der Waals surface area contributed by atoms with Crippen molar-refractivity contribution in [2.45, 2.75) is 10.1 Å². The van der Waals surface area contributed by atoms with Gasteiger partial charge in [-0.05, 0) is 12.1 Å². The highest BCUT2D eigenvalue weighted by Crippen LogP contribution is 2.23. The van der Waals surface area contributed by atoms with Crippen LogP contribution in [-0.4, -0.2) is 25.7 Å². The topological polar surface area (TPSA) is 57.9 Å². The van der Waals surface area contributed by atoms with Crippen molar-refractivity contribution in [2.75, 3.05) is 12.0 Å². The van der Waals surface area contributed by atoms with Crippen molar-refractivity contribution in [1.29, 1.82) is 5.26 Å². The molecule has 0 saturated heterocycles. The first-order valence-electron chi connectivity index (χ1n) is 4.30. The molecule has 0 saturated carbocycles. The minimum Gasteiger partial charge on any atom is -0.229 e. The van der Waals surface area contributed by atoms with Crippen LogP contribution in [0.3, 0.4) is 0 Å². The van der Waals surface area contributed by atoms with Crippen molar-refractivity contribution in [2.24, 2.45) is 0 Å². The lowest BCUT2D eigenvalue weighted by molar-refractivity contribution is 0.602. The Balaban J connectivity index is 2.68. The maximum absolute atomic E-state index is 11.0. The Kier molecular flexibility index (Phi) is 4.18. The van der Waals surface area contributed by atoms with Gasteiger partial charge >= 0.3 is 0 Å². The molecule has 0 fully saturated rings. The Morgan fingerprint density at radius 2 is 2.00 bits per heavy atom. The highest BCUT2D eigenvalue weighted by molar-refractivity contribution is 8.01. The summed E-state index contributed by atoms with van der Waals surface area (Å²) < 4.78 is 22.1. The molecule has 0 aliphatic rings. The Labute approximate surface area is 94.0 Å². The van der Waals surface area contributed by atoms with Crippen LogP contribution in [0.5, 0.6) is 0 Å². The van der Waals surface area contributed by atoms with Gasteiger partial charge in [0, 0.05) is 11.2 Å². The highest BCUT2D eigenvalue weighted by Gasteiger charge is 2.15. The van der Waals surface area contributed by atoms with Gasteiger partial charge in [0.1, 0.15) is 15.1 Å². The van der Waals surface area contributed by atoms with Crippen LogP contribution in [0.25, 0.3) is 0 Å². The molecule has 0 aliphatic heterocycles. The van der Waals surface area contributed by atoms with Gasteiger partial charge in [-0.1, -0.05) is 18.2 Å². The number of sulfone groups is 1. The fraction of sp³-hybridized carbons (Fsp3) is 0.300. The molecule has 0 aromatic heterocycles. The molecule has 0 radical (unpaired) electrons. The van der Waals surface area contributed by atoms with E-state index in [4.69, 9.17) is 5.26 Å². The van der Waals surface area contributed by atoms with E-state index in [1.54, 1.807) is 0 Å². The minimum atomic E-state index is -3.10. The largest absolute Gasteiger partial charge is 0.229 e. The summed E-state index contributed by atoms with van der Waals surface area (Å²) >= 11 is 1.28. The Morgan fingerprint density at radius 3 is 2.47 bits per heavy atom. The smallest absolute Gasteiger partial charge is 0.149 e. The molecule has 1 aromatic carbocycles. The lowest BCUT2D eigenvalue weighted by Gasteiger charge is -2.06. The van der Waals surface area contributed by atoms with Crippen LogP contribution in [0.15, 0.2) is 35.2 Å². The van der Waals surface area contributed by atoms with Gasteiger partial charge in [0.25, 0.3) is 0 Å². The van der Waals surface area contributed by atoms with E-state index in [9.17, 15) is 8.42 Å². The monoisotopic (exact) mass is 241 g/mol. The maximum atomic E-state index is 11.0. The van der Waals surface area contributed by atoms with E-state index in [-0.39, 0.29) is 5.75 Å². The predicted molar refractivity (Wildman–Crippen MR) is 61.4 cm³/mol. The molecule has 0 N–H and O–H groups in total. The van der Waals surface area contributed by atoms with Gasteiger partial charge in [0.15, 0.2) is 0 Å². The molecule has 3 nitrogen and oxygen atoms in total. The average molecular weight is 241 g/mol. The molecule has 0 aliphatic carbocycles. The van der Waals surface area contributed by atoms with Crippen LogP contribution in [0.4, 0.5) is 0 Å². The zero-order chi connectivity index (χ0) is 11.3. The summed E-state index contributed by atoms with van der Waals surface area (Å²) in [6.45, 7) is 0. The van der Waals surface area contributed by atoms with E-state index in [2.05, 4.69) is 0 Å². The van der Waals surface area contributed by atoms with Gasteiger partial charge in [-0.3, -0.25) is 0 Å². The quantitative estimate of drug-likeness (QED) is 0.753. The van der Waals surface area contributed by atoms with Gasteiger partial charge in [-0.2, -0.15) is 5.26 Å². The number of hydrogen-bond acceptors (Lipinski definition) is 4. The van der Waals surface area contributed by atoms with Crippen LogP contribution < -0.4 is 0 Å². The molecule has 5 heteroatoms. The SMILES string of the molecule is CS(=O)(=O)CC(C#N)Sc1ccccc1. The van der Waals surface area contributed by atoms with E-state index >= 15 is 0 Å². The minimum absolute atomic E-state index is 0.108. The number of nitrogens with zero attached hydrogens (tertiary/aromatic N) is 1. The van der Waals surface area contributed by atoms with Gasteiger partial charge in [0.05, 0.1) is 11.8 Å². The lowest BCUT2D eigenvalue weighted by atomic mass is 10.4. The van der Waals surface area contributed by atoms with Crippen LogP contribution in [-0.2, 0) is 9.84 Å². The number of hydrogen-bond donors (Lipinski definition) is 0. The molecule has 1 unspecified atom stereocenters. The molecule has 0 heterocycles. The molecule has 15 heavy (non-hydrogen) atoms. The molecule has 0 spiro atoms. The second kappa shape index (κ2) is 5.19. The molecular formula is C10H11NO2S2. The maximum Gasteiger partial charge on any atom is 0.149 e. The third kappa shape index (κ3) is 4.86. The number of nitriles is 1. The van der Waals surface area contributed by atoms with Crippen molar-refractivity contribution in [1.82, 2.24) is 0 Å². The first kappa shape index (κ1) is 12.1. The van der Waals surface area contributed by atoms with Crippen molar-refractivity contribution >= 4 is 21.6 Å². The predicted octanol–water partition coefficient (Wildman–Crippen LogP) is 1.72. The molecule has 80 valence electrons. The summed E-state index contributed by atoms with van der Waals surface area (Å²) in [7, 11) is -3.10. The van der Waals surface area contributed by atoms with Gasteiger partial charge in [0.2, 0.25) is 0 Å². The lowest BCUT2D eigenvalue weighted by Crippen LogP contribution is -2.15. The van der Waals surface area contributed by atoms with Gasteiger partial charge < -0.3 is 0 Å². The molecule has 0 amide bonds. The van der Waals surface area contributed by atoms with E-state index < -0.39 is 15.1 Å². The van der Waals surface area contributed by atoms with Crippen molar-refractivity contribution in [3.63, 3.8) is 0 Å². The zero-order valence-electron chi connectivity index (χ0n) is 8.25. The fourth-order valence-corrected chi connectivity index (χ4v) is 3.37. The van der Waals surface area contributed by atoms with E-state index in [1.165, 1.54) is 11.8 Å². The molecule has 1 aromatic rings. The van der Waals surface area contributed by atoms with E-state index in [0.717, 1.165) is 11.2 Å². The van der Waals surface area contributed by atoms with Crippen LogP contribution in [0.2, 0.25) is 0 Å². The molecule has 1 rings (SSSR count). The van der Waals surface area contributed by atoms with Gasteiger partial charge in [-0.25, -0.2) is 8.42 Å². The third-order valence-electron chi connectivity index (χ3n) is 1.62. The molecule has 0 bridgehead atoms. The molecule has 1 atom stereocenters. The molecular weight excluding hydrogens is 230 g/mol. The number of benzene rings is 1. The van der Waals surface area contributed by atoms with E-state index in [0.29, 0.717) is 0 Å². The normalized spacial score (nSPS) is 13.1. The number of thioether (sulfide) groups is 1. The summed E-state index contributed by atoms with van der Waals surface area (Å²) in [5, 5.41) is 8.28. The number of rotatable bonds is 4. The van der Waals surface area contributed by atoms with Crippen molar-refractivity contribution < 1.29 is 8.42 Å². The Morgan fingerprint density at radius 1 is 1.40 bits per heavy atom. The highest BCUT2D eigenvalue weighted by atomic mass is 32.2. The van der Waals surface area contributed by atoms with Gasteiger partial charge in [-0.15, -0.1) is 11.8 Å². The average Bonchev–Trinajstić information content (AvgIpc) is 2.16. The summed E-state index contributed by atoms with van der Waals surface area (Å²) in [5.74, 6) is -0.108. The Hall–Kier alpha value is -0.990. The van der Waals surface area contributed by atoms with Crippen LogP contribution in [0, 0.1) is 11.3 Å². The fourth-order valence-electron chi connectivity index (χ4n) is 1.04. The van der Waals surface area contributed by atoms with Crippen molar-refractivity contribution in [3.05, 3.63) is 30.3 Å². The van der Waals surface area contributed by atoms with Crippen molar-refractivity contribution in [3.8, 4) is 6.07 Å². The summed E-state index contributed by atoms with van der Waals surface area (Å²) in [5.41, 5.74) is 0. The third-order valence-corrected chi connectivity index (χ3v) is 3.87. The summed E-state index contributed by atoms with van der Waals surface area (Å²) in [4.78, 5) is 0.910. The standard InChI is InChI=1S/C10H11NO2S2/c1-15(12,13)8-10(7-11)14-9-5-3-2-4-6-9/h2-6,10H,8H2,1H3. The summed E-state index contributed by atoms with van der Waals surface area (Å²) in [6, 6.07) is 11.3. The zero-order valence-corrected chi connectivity index (χ0v) is 9.88. The van der Waals surface area contributed by atoms with E-state index in [1.807, 2.05) is 36.4 Å². The second-order valence-electron chi connectivity index (χ2n) is 3.14. The Bertz CT molecular complexity index is 448.